The van der Waals surface area contributed by atoms with Crippen LogP contribution in [0.2, 0.25) is 0 Å². The van der Waals surface area contributed by atoms with Crippen molar-refractivity contribution >= 4 is 29.7 Å². The van der Waals surface area contributed by atoms with Crippen LogP contribution in [0.25, 0.3) is 0 Å². The van der Waals surface area contributed by atoms with Crippen molar-refractivity contribution in [3.05, 3.63) is 34.9 Å². The van der Waals surface area contributed by atoms with E-state index in [1.807, 2.05) is 66.0 Å². The molecule has 0 saturated carbocycles. The molecule has 0 aliphatic rings. The van der Waals surface area contributed by atoms with E-state index in [1.54, 1.807) is 37.4 Å². The van der Waals surface area contributed by atoms with Crippen LogP contribution in [0, 0.1) is 13.8 Å². The molecule has 0 aromatic heterocycles. The number of thioether (sulfide) groups is 1. The zero-order chi connectivity index (χ0) is 28.6. The third kappa shape index (κ3) is 10.6. The lowest BCUT2D eigenvalue weighted by Crippen LogP contribution is -2.59. The maximum atomic E-state index is 14.3. The van der Waals surface area contributed by atoms with Crippen molar-refractivity contribution in [3.8, 4) is 0 Å². The van der Waals surface area contributed by atoms with Gasteiger partial charge in [0.1, 0.15) is 17.7 Å². The smallest absolute Gasteiger partial charge is 0.408 e. The topological polar surface area (TPSA) is 87.7 Å². The summed E-state index contributed by atoms with van der Waals surface area (Å²) in [5, 5.41) is 5.93. The van der Waals surface area contributed by atoms with Crippen LogP contribution in [-0.2, 0) is 14.3 Å². The SMILES string of the molecule is CCCC(C)NC(=O)C(c1ccc(C)cc1C)N(C(=O)C(CCSC)NC(=O)OC(C)(C)C)C(C)(C)C. The van der Waals surface area contributed by atoms with Gasteiger partial charge in [0.25, 0.3) is 0 Å². The first-order chi connectivity index (χ1) is 17.0. The van der Waals surface area contributed by atoms with Crippen molar-refractivity contribution in [3.63, 3.8) is 0 Å². The first kappa shape index (κ1) is 32.8. The molecule has 7 nitrogen and oxygen atoms in total. The zero-order valence-electron chi connectivity index (χ0n) is 24.8. The van der Waals surface area contributed by atoms with Gasteiger partial charge in [0, 0.05) is 11.6 Å². The molecule has 1 aromatic carbocycles. The van der Waals surface area contributed by atoms with Crippen LogP contribution in [-0.4, -0.2) is 58.0 Å². The second kappa shape index (κ2) is 14.1. The molecule has 0 bridgehead atoms. The maximum Gasteiger partial charge on any atom is 0.408 e. The lowest BCUT2D eigenvalue weighted by Gasteiger charge is -2.43. The van der Waals surface area contributed by atoms with Gasteiger partial charge in [-0.25, -0.2) is 4.79 Å². The summed E-state index contributed by atoms with van der Waals surface area (Å²) in [6, 6.07) is 4.20. The van der Waals surface area contributed by atoms with E-state index in [0.717, 1.165) is 29.5 Å². The van der Waals surface area contributed by atoms with E-state index in [-0.39, 0.29) is 17.9 Å². The number of carbonyl (C=O) groups is 3. The highest BCUT2D eigenvalue weighted by Gasteiger charge is 2.42. The molecule has 0 spiro atoms. The van der Waals surface area contributed by atoms with Crippen LogP contribution in [0.3, 0.4) is 0 Å². The number of nitrogens with zero attached hydrogens (tertiary/aromatic N) is 1. The van der Waals surface area contributed by atoms with Gasteiger partial charge in [-0.2, -0.15) is 11.8 Å². The Morgan fingerprint density at radius 1 is 1.03 bits per heavy atom. The van der Waals surface area contributed by atoms with Crippen LogP contribution in [0.1, 0.15) is 97.4 Å². The molecular weight excluding hydrogens is 486 g/mol. The Balaban J connectivity index is 3.61. The minimum absolute atomic E-state index is 0.0325. The van der Waals surface area contributed by atoms with Gasteiger partial charge in [-0.1, -0.05) is 37.1 Å². The van der Waals surface area contributed by atoms with E-state index in [0.29, 0.717) is 12.2 Å². The molecule has 0 fully saturated rings. The third-order valence-corrected chi connectivity index (χ3v) is 6.54. The van der Waals surface area contributed by atoms with Gasteiger partial charge in [-0.3, -0.25) is 9.59 Å². The Morgan fingerprint density at radius 2 is 1.65 bits per heavy atom. The van der Waals surface area contributed by atoms with Crippen molar-refractivity contribution in [2.24, 2.45) is 0 Å². The first-order valence-electron chi connectivity index (χ1n) is 13.2. The fourth-order valence-electron chi connectivity index (χ4n) is 4.31. The molecule has 0 saturated heterocycles. The van der Waals surface area contributed by atoms with Crippen molar-refractivity contribution in [2.75, 3.05) is 12.0 Å². The lowest BCUT2D eigenvalue weighted by molar-refractivity contribution is -0.148. The maximum absolute atomic E-state index is 14.3. The average Bonchev–Trinajstić information content (AvgIpc) is 2.73. The van der Waals surface area contributed by atoms with Gasteiger partial charge in [-0.05, 0) is 98.3 Å². The quantitative estimate of drug-likeness (QED) is 0.367. The number of rotatable bonds is 11. The number of nitrogens with one attached hydrogen (secondary N) is 2. The molecule has 8 heteroatoms. The number of carbonyl (C=O) groups excluding carboxylic acids is 3. The normalized spacial score (nSPS) is 14.4. The van der Waals surface area contributed by atoms with Crippen LogP contribution in [0.5, 0.6) is 0 Å². The van der Waals surface area contributed by atoms with Crippen molar-refractivity contribution < 1.29 is 19.1 Å². The Hall–Kier alpha value is -2.22. The summed E-state index contributed by atoms with van der Waals surface area (Å²) in [5.74, 6) is 0.130. The van der Waals surface area contributed by atoms with Crippen molar-refractivity contribution in [1.29, 1.82) is 0 Å². The minimum atomic E-state index is -0.857. The minimum Gasteiger partial charge on any atom is -0.444 e. The molecule has 0 aliphatic carbocycles. The number of ether oxygens (including phenoxy) is 1. The van der Waals surface area contributed by atoms with E-state index in [4.69, 9.17) is 4.74 Å². The van der Waals surface area contributed by atoms with E-state index in [9.17, 15) is 14.4 Å². The van der Waals surface area contributed by atoms with E-state index in [1.165, 1.54) is 0 Å². The van der Waals surface area contributed by atoms with Crippen LogP contribution < -0.4 is 10.6 Å². The third-order valence-electron chi connectivity index (χ3n) is 5.90. The summed E-state index contributed by atoms with van der Waals surface area (Å²) in [6.45, 7) is 19.1. The summed E-state index contributed by atoms with van der Waals surface area (Å²) in [4.78, 5) is 42.5. The van der Waals surface area contributed by atoms with Crippen molar-refractivity contribution in [1.82, 2.24) is 15.5 Å². The largest absolute Gasteiger partial charge is 0.444 e. The molecule has 1 rings (SSSR count). The Labute approximate surface area is 228 Å². The first-order valence-corrected chi connectivity index (χ1v) is 14.6. The fraction of sp³-hybridized carbons (Fsp3) is 0.690. The number of hydrogen-bond donors (Lipinski definition) is 2. The van der Waals surface area contributed by atoms with Gasteiger partial charge >= 0.3 is 6.09 Å². The fourth-order valence-corrected chi connectivity index (χ4v) is 4.78. The Morgan fingerprint density at radius 3 is 2.14 bits per heavy atom. The highest BCUT2D eigenvalue weighted by Crippen LogP contribution is 2.33. The monoisotopic (exact) mass is 535 g/mol. The molecule has 0 radical (unpaired) electrons. The standard InChI is InChI=1S/C29H49N3O4S/c1-12-13-21(4)30-25(33)24(22-15-14-19(2)18-20(22)3)32(28(5,6)7)26(34)23(16-17-37-11)31-27(35)36-29(8,9)10/h14-15,18,21,23-24H,12-13,16-17H2,1-11H3,(H,30,33)(H,31,35). The van der Waals surface area contributed by atoms with Crippen LogP contribution in [0.4, 0.5) is 4.79 Å². The van der Waals surface area contributed by atoms with Crippen molar-refractivity contribution in [2.45, 2.75) is 118 Å². The summed E-state index contributed by atoms with van der Waals surface area (Å²) < 4.78 is 5.46. The van der Waals surface area contributed by atoms with E-state index in [2.05, 4.69) is 17.6 Å². The van der Waals surface area contributed by atoms with Gasteiger partial charge in [0.2, 0.25) is 11.8 Å². The molecule has 1 aromatic rings. The average molecular weight is 536 g/mol. The molecule has 210 valence electrons. The summed E-state index contributed by atoms with van der Waals surface area (Å²) >= 11 is 1.59. The molecule has 2 N–H and O–H groups in total. The molecule has 3 atom stereocenters. The molecule has 0 heterocycles. The highest BCUT2D eigenvalue weighted by atomic mass is 32.2. The molecule has 3 amide bonds. The molecule has 0 aliphatic heterocycles. The second-order valence-corrected chi connectivity index (χ2v) is 12.8. The van der Waals surface area contributed by atoms with Gasteiger partial charge in [-0.15, -0.1) is 0 Å². The van der Waals surface area contributed by atoms with E-state index < -0.39 is 29.3 Å². The van der Waals surface area contributed by atoms with Crippen LogP contribution in [0.15, 0.2) is 18.2 Å². The highest BCUT2D eigenvalue weighted by molar-refractivity contribution is 7.98. The molecule has 37 heavy (non-hydrogen) atoms. The summed E-state index contributed by atoms with van der Waals surface area (Å²) in [6.07, 6.45) is 3.50. The van der Waals surface area contributed by atoms with Crippen LogP contribution >= 0.6 is 11.8 Å². The number of alkyl carbamates (subject to hydrolysis) is 1. The predicted molar refractivity (Wildman–Crippen MR) is 154 cm³/mol. The Bertz CT molecular complexity index is 921. The molecular formula is C29H49N3O4S. The Kier molecular flexibility index (Phi) is 12.5. The number of amides is 3. The predicted octanol–water partition coefficient (Wildman–Crippen LogP) is 5.92. The van der Waals surface area contributed by atoms with Gasteiger partial charge in [0.15, 0.2) is 0 Å². The lowest BCUT2D eigenvalue weighted by atomic mass is 9.91. The van der Waals surface area contributed by atoms with Gasteiger partial charge in [0.05, 0.1) is 0 Å². The number of aryl methyl sites for hydroxylation is 2. The summed E-state index contributed by atoms with van der Waals surface area (Å²) in [5.41, 5.74) is 1.38. The molecule has 3 unspecified atom stereocenters. The van der Waals surface area contributed by atoms with E-state index >= 15 is 0 Å². The van der Waals surface area contributed by atoms with Gasteiger partial charge < -0.3 is 20.3 Å². The number of benzene rings is 1. The second-order valence-electron chi connectivity index (χ2n) is 11.8. The number of hydrogen-bond acceptors (Lipinski definition) is 5. The summed E-state index contributed by atoms with van der Waals surface area (Å²) in [7, 11) is 0. The zero-order valence-corrected chi connectivity index (χ0v) is 25.6.